The molecule has 0 radical (unpaired) electrons. The SMILES string of the molecule is CCC(Cc1cc(F)ccc1C1CCN(C(=O)OC(C)(C)C)CC1)C(=O)OC. The van der Waals surface area contributed by atoms with Gasteiger partial charge in [-0.05, 0) is 75.6 Å². The number of nitrogens with zero attached hydrogens (tertiary/aromatic N) is 1. The van der Waals surface area contributed by atoms with Crippen molar-refractivity contribution in [3.63, 3.8) is 0 Å². The van der Waals surface area contributed by atoms with Gasteiger partial charge in [0.2, 0.25) is 0 Å². The first-order chi connectivity index (χ1) is 13.1. The van der Waals surface area contributed by atoms with E-state index in [1.165, 1.54) is 19.2 Å². The Morgan fingerprint density at radius 1 is 1.25 bits per heavy atom. The number of rotatable bonds is 5. The predicted octanol–water partition coefficient (Wildman–Crippen LogP) is 4.68. The van der Waals surface area contributed by atoms with Crippen molar-refractivity contribution in [3.8, 4) is 0 Å². The number of likely N-dealkylation sites (tertiary alicyclic amines) is 1. The molecule has 0 spiro atoms. The van der Waals surface area contributed by atoms with Crippen LogP contribution in [0.1, 0.15) is 64.0 Å². The first-order valence-electron chi connectivity index (χ1n) is 9.98. The third-order valence-electron chi connectivity index (χ3n) is 5.19. The monoisotopic (exact) mass is 393 g/mol. The molecule has 156 valence electrons. The van der Waals surface area contributed by atoms with Gasteiger partial charge >= 0.3 is 12.1 Å². The maximum Gasteiger partial charge on any atom is 0.410 e. The summed E-state index contributed by atoms with van der Waals surface area (Å²) in [6.45, 7) is 8.70. The van der Waals surface area contributed by atoms with Crippen molar-refractivity contribution in [2.24, 2.45) is 5.92 Å². The third-order valence-corrected chi connectivity index (χ3v) is 5.19. The van der Waals surface area contributed by atoms with Crippen LogP contribution in [0.4, 0.5) is 9.18 Å². The molecule has 0 saturated carbocycles. The molecule has 1 aliphatic rings. The number of benzene rings is 1. The Labute approximate surface area is 167 Å². The minimum Gasteiger partial charge on any atom is -0.469 e. The summed E-state index contributed by atoms with van der Waals surface area (Å²) in [5.74, 6) is -0.626. The highest BCUT2D eigenvalue weighted by atomic mass is 19.1. The summed E-state index contributed by atoms with van der Waals surface area (Å²) in [6.07, 6.45) is 2.38. The number of ether oxygens (including phenoxy) is 2. The second-order valence-corrected chi connectivity index (χ2v) is 8.42. The van der Waals surface area contributed by atoms with Crippen molar-refractivity contribution in [2.75, 3.05) is 20.2 Å². The van der Waals surface area contributed by atoms with E-state index in [-0.39, 0.29) is 29.7 Å². The van der Waals surface area contributed by atoms with Crippen LogP contribution in [-0.4, -0.2) is 42.8 Å². The number of amides is 1. The maximum atomic E-state index is 13.9. The van der Waals surface area contributed by atoms with Gasteiger partial charge in [-0.25, -0.2) is 9.18 Å². The fraction of sp³-hybridized carbons (Fsp3) is 0.636. The molecule has 6 heteroatoms. The fourth-order valence-corrected chi connectivity index (χ4v) is 3.68. The average molecular weight is 393 g/mol. The number of methoxy groups -OCH3 is 1. The third kappa shape index (κ3) is 5.94. The van der Waals surface area contributed by atoms with E-state index in [2.05, 4.69) is 0 Å². The summed E-state index contributed by atoms with van der Waals surface area (Å²) >= 11 is 0. The maximum absolute atomic E-state index is 13.9. The lowest BCUT2D eigenvalue weighted by molar-refractivity contribution is -0.145. The molecule has 1 aromatic rings. The Hall–Kier alpha value is -2.11. The highest BCUT2D eigenvalue weighted by Gasteiger charge is 2.29. The minimum absolute atomic E-state index is 0.226. The number of piperidine rings is 1. The van der Waals surface area contributed by atoms with Crippen LogP contribution in [-0.2, 0) is 20.7 Å². The van der Waals surface area contributed by atoms with Crippen molar-refractivity contribution in [1.82, 2.24) is 4.90 Å². The zero-order valence-corrected chi connectivity index (χ0v) is 17.6. The summed E-state index contributed by atoms with van der Waals surface area (Å²) < 4.78 is 24.2. The molecule has 5 nitrogen and oxygen atoms in total. The molecule has 0 bridgehead atoms. The Balaban J connectivity index is 2.10. The van der Waals surface area contributed by atoms with E-state index in [0.29, 0.717) is 25.9 Å². The number of hydrogen-bond donors (Lipinski definition) is 0. The smallest absolute Gasteiger partial charge is 0.410 e. The van der Waals surface area contributed by atoms with Gasteiger partial charge in [-0.1, -0.05) is 13.0 Å². The van der Waals surface area contributed by atoms with Gasteiger partial charge in [-0.2, -0.15) is 0 Å². The van der Waals surface area contributed by atoms with Crippen LogP contribution in [0.3, 0.4) is 0 Å². The molecule has 0 aliphatic carbocycles. The lowest BCUT2D eigenvalue weighted by Crippen LogP contribution is -2.41. The van der Waals surface area contributed by atoms with Crippen LogP contribution in [0.5, 0.6) is 0 Å². The topological polar surface area (TPSA) is 55.8 Å². The van der Waals surface area contributed by atoms with E-state index in [0.717, 1.165) is 24.0 Å². The summed E-state index contributed by atoms with van der Waals surface area (Å²) in [6, 6.07) is 4.82. The van der Waals surface area contributed by atoms with Crippen molar-refractivity contribution >= 4 is 12.1 Å². The lowest BCUT2D eigenvalue weighted by Gasteiger charge is -2.34. The molecule has 28 heavy (non-hydrogen) atoms. The van der Waals surface area contributed by atoms with Crippen LogP contribution >= 0.6 is 0 Å². The number of halogens is 1. The molecule has 1 unspecified atom stereocenters. The Morgan fingerprint density at radius 3 is 2.43 bits per heavy atom. The van der Waals surface area contributed by atoms with Gasteiger partial charge in [-0.15, -0.1) is 0 Å². The van der Waals surface area contributed by atoms with E-state index < -0.39 is 5.60 Å². The van der Waals surface area contributed by atoms with Crippen LogP contribution in [0.2, 0.25) is 0 Å². The minimum atomic E-state index is -0.513. The van der Waals surface area contributed by atoms with E-state index in [9.17, 15) is 14.0 Å². The van der Waals surface area contributed by atoms with Crippen LogP contribution in [0, 0.1) is 11.7 Å². The van der Waals surface area contributed by atoms with Crippen molar-refractivity contribution < 1.29 is 23.5 Å². The summed E-state index contributed by atoms with van der Waals surface area (Å²) in [5.41, 5.74) is 1.40. The van der Waals surface area contributed by atoms with E-state index >= 15 is 0 Å². The second-order valence-electron chi connectivity index (χ2n) is 8.42. The molecule has 1 fully saturated rings. The van der Waals surface area contributed by atoms with Gasteiger partial charge < -0.3 is 14.4 Å². The molecule has 1 amide bonds. The molecule has 1 aromatic carbocycles. The largest absolute Gasteiger partial charge is 0.469 e. The molecule has 1 heterocycles. The van der Waals surface area contributed by atoms with E-state index in [1.807, 2.05) is 33.8 Å². The number of carbonyl (C=O) groups is 2. The molecule has 0 N–H and O–H groups in total. The van der Waals surface area contributed by atoms with Gasteiger partial charge in [0.25, 0.3) is 0 Å². The van der Waals surface area contributed by atoms with Crippen LogP contribution in [0.25, 0.3) is 0 Å². The molecule has 0 aromatic heterocycles. The summed E-state index contributed by atoms with van der Waals surface area (Å²) in [7, 11) is 1.38. The standard InChI is InChI=1S/C22H32FNO4/c1-6-15(20(25)27-5)13-17-14-18(23)7-8-19(17)16-9-11-24(12-10-16)21(26)28-22(2,3)4/h7-8,14-16H,6,9-13H2,1-5H3. The van der Waals surface area contributed by atoms with Gasteiger partial charge in [0.1, 0.15) is 11.4 Å². The Kier molecular flexibility index (Phi) is 7.44. The first kappa shape index (κ1) is 22.2. The van der Waals surface area contributed by atoms with E-state index in [1.54, 1.807) is 4.90 Å². The molecule has 1 aliphatic heterocycles. The number of carbonyl (C=O) groups excluding carboxylic acids is 2. The second kappa shape index (κ2) is 9.39. The van der Waals surface area contributed by atoms with Crippen LogP contribution in [0.15, 0.2) is 18.2 Å². The molecule has 1 saturated heterocycles. The van der Waals surface area contributed by atoms with E-state index in [4.69, 9.17) is 9.47 Å². The first-order valence-corrected chi connectivity index (χ1v) is 9.98. The van der Waals surface area contributed by atoms with Crippen molar-refractivity contribution in [1.29, 1.82) is 0 Å². The van der Waals surface area contributed by atoms with Crippen molar-refractivity contribution in [3.05, 3.63) is 35.1 Å². The zero-order valence-electron chi connectivity index (χ0n) is 17.6. The highest BCUT2D eigenvalue weighted by molar-refractivity contribution is 5.72. The number of hydrogen-bond acceptors (Lipinski definition) is 4. The van der Waals surface area contributed by atoms with Gasteiger partial charge in [0.05, 0.1) is 13.0 Å². The fourth-order valence-electron chi connectivity index (χ4n) is 3.68. The van der Waals surface area contributed by atoms with Crippen molar-refractivity contribution in [2.45, 2.75) is 64.9 Å². The molecular weight excluding hydrogens is 361 g/mol. The summed E-state index contributed by atoms with van der Waals surface area (Å²) in [4.78, 5) is 26.0. The van der Waals surface area contributed by atoms with Gasteiger partial charge in [0, 0.05) is 13.1 Å². The molecule has 2 rings (SSSR count). The predicted molar refractivity (Wildman–Crippen MR) is 106 cm³/mol. The molecule has 1 atom stereocenters. The van der Waals surface area contributed by atoms with Gasteiger partial charge in [0.15, 0.2) is 0 Å². The molecular formula is C22H32FNO4. The zero-order chi connectivity index (χ0) is 20.9. The van der Waals surface area contributed by atoms with Gasteiger partial charge in [-0.3, -0.25) is 4.79 Å². The Morgan fingerprint density at radius 2 is 1.89 bits per heavy atom. The summed E-state index contributed by atoms with van der Waals surface area (Å²) in [5, 5.41) is 0. The quantitative estimate of drug-likeness (QED) is 0.682. The average Bonchev–Trinajstić information content (AvgIpc) is 2.64. The lowest BCUT2D eigenvalue weighted by atomic mass is 9.83. The highest BCUT2D eigenvalue weighted by Crippen LogP contribution is 2.33. The Bertz CT molecular complexity index is 690. The van der Waals surface area contributed by atoms with Crippen LogP contribution < -0.4 is 0 Å². The number of esters is 1. The normalized spacial score (nSPS) is 16.6.